The van der Waals surface area contributed by atoms with Gasteiger partial charge in [0.1, 0.15) is 17.3 Å². The number of nitrogens with one attached hydrogen (secondary N) is 1. The van der Waals surface area contributed by atoms with Crippen LogP contribution < -0.4 is 10.2 Å². The predicted molar refractivity (Wildman–Crippen MR) is 88.5 cm³/mol. The van der Waals surface area contributed by atoms with E-state index in [9.17, 15) is 8.78 Å². The molecule has 4 rings (SSSR count). The lowest BCUT2D eigenvalue weighted by Gasteiger charge is -2.29. The molecule has 1 saturated carbocycles. The molecule has 0 atom stereocenters. The molecule has 1 saturated heterocycles. The molecule has 2 aromatic rings. The number of halogens is 2. The van der Waals surface area contributed by atoms with Crippen LogP contribution in [0, 0.1) is 0 Å². The fraction of sp³-hybridized carbons (Fsp3) is 0.444. The van der Waals surface area contributed by atoms with Crippen molar-refractivity contribution < 1.29 is 8.78 Å². The third kappa shape index (κ3) is 2.98. The molecule has 1 aliphatic heterocycles. The molecule has 6 heteroatoms. The molecule has 1 aromatic carbocycles. The van der Waals surface area contributed by atoms with Crippen molar-refractivity contribution in [2.75, 3.05) is 31.1 Å². The number of rotatable bonds is 4. The zero-order chi connectivity index (χ0) is 16.6. The first-order valence-electron chi connectivity index (χ1n) is 8.43. The van der Waals surface area contributed by atoms with E-state index < -0.39 is 5.92 Å². The Labute approximate surface area is 139 Å². The number of hydrogen-bond donors (Lipinski definition) is 1. The van der Waals surface area contributed by atoms with Crippen LogP contribution in [0.3, 0.4) is 0 Å². The summed E-state index contributed by atoms with van der Waals surface area (Å²) in [7, 11) is 0. The first kappa shape index (κ1) is 15.4. The van der Waals surface area contributed by atoms with Crippen LogP contribution in [0.5, 0.6) is 0 Å². The molecule has 0 unspecified atom stereocenters. The summed E-state index contributed by atoms with van der Waals surface area (Å²) in [4.78, 5) is 10.9. The molecule has 2 aliphatic rings. The lowest BCUT2D eigenvalue weighted by atomic mass is 10.0. The Kier molecular flexibility index (Phi) is 3.92. The second-order valence-corrected chi connectivity index (χ2v) is 6.42. The second kappa shape index (κ2) is 6.09. The van der Waals surface area contributed by atoms with Crippen LogP contribution in [-0.2, 0) is 5.92 Å². The van der Waals surface area contributed by atoms with E-state index in [-0.39, 0.29) is 17.2 Å². The maximum atomic E-state index is 15.0. The van der Waals surface area contributed by atoms with Crippen LogP contribution in [-0.4, -0.2) is 36.1 Å². The zero-order valence-corrected chi connectivity index (χ0v) is 13.4. The summed E-state index contributed by atoms with van der Waals surface area (Å²) in [6.07, 6.45) is 1.97. The second-order valence-electron chi connectivity index (χ2n) is 6.42. The molecule has 2 heterocycles. The van der Waals surface area contributed by atoms with Crippen LogP contribution >= 0.6 is 0 Å². The van der Waals surface area contributed by atoms with Crippen molar-refractivity contribution in [3.63, 3.8) is 0 Å². The summed E-state index contributed by atoms with van der Waals surface area (Å²) in [6, 6.07) is 9.35. The van der Waals surface area contributed by atoms with Crippen molar-refractivity contribution in [3.05, 3.63) is 53.5 Å². The molecular formula is C18H20F2N4. The normalized spacial score (nSPS) is 18.7. The Bertz CT molecular complexity index is 710. The summed E-state index contributed by atoms with van der Waals surface area (Å²) in [5.41, 5.74) is -0.226. The first-order valence-corrected chi connectivity index (χ1v) is 8.43. The van der Waals surface area contributed by atoms with Gasteiger partial charge in [-0.05, 0) is 12.8 Å². The van der Waals surface area contributed by atoms with Gasteiger partial charge < -0.3 is 10.2 Å². The highest BCUT2D eigenvalue weighted by Crippen LogP contribution is 2.41. The lowest BCUT2D eigenvalue weighted by molar-refractivity contribution is 0.0376. The minimum Gasteiger partial charge on any atom is -0.354 e. The van der Waals surface area contributed by atoms with Gasteiger partial charge in [-0.1, -0.05) is 30.3 Å². The zero-order valence-electron chi connectivity index (χ0n) is 13.4. The van der Waals surface area contributed by atoms with Crippen LogP contribution in [0.1, 0.15) is 35.8 Å². The maximum Gasteiger partial charge on any atom is 0.315 e. The Morgan fingerprint density at radius 2 is 1.75 bits per heavy atom. The largest absolute Gasteiger partial charge is 0.354 e. The van der Waals surface area contributed by atoms with Gasteiger partial charge in [0, 0.05) is 43.7 Å². The van der Waals surface area contributed by atoms with Crippen molar-refractivity contribution in [1.82, 2.24) is 15.3 Å². The number of benzene rings is 1. The number of alkyl halides is 2. The molecule has 1 N–H and O–H groups in total. The molecule has 2 fully saturated rings. The van der Waals surface area contributed by atoms with Crippen molar-refractivity contribution in [3.8, 4) is 0 Å². The van der Waals surface area contributed by atoms with E-state index >= 15 is 0 Å². The average molecular weight is 330 g/mol. The fourth-order valence-corrected chi connectivity index (χ4v) is 2.99. The Morgan fingerprint density at radius 3 is 2.42 bits per heavy atom. The van der Waals surface area contributed by atoms with Crippen LogP contribution in [0.25, 0.3) is 0 Å². The smallest absolute Gasteiger partial charge is 0.315 e. The molecule has 0 bridgehead atoms. The number of piperazine rings is 1. The van der Waals surface area contributed by atoms with Gasteiger partial charge in [-0.15, -0.1) is 0 Å². The van der Waals surface area contributed by atoms with Gasteiger partial charge in [0.25, 0.3) is 0 Å². The molecule has 0 amide bonds. The number of anilines is 1. The van der Waals surface area contributed by atoms with E-state index in [0.29, 0.717) is 11.6 Å². The molecule has 1 aliphatic carbocycles. The number of aromatic nitrogens is 2. The SMILES string of the molecule is FC(F)(c1ccccc1)c1cc(N2CCNCC2)nc(C2CC2)n1. The summed E-state index contributed by atoms with van der Waals surface area (Å²) >= 11 is 0. The van der Waals surface area contributed by atoms with Crippen LogP contribution in [0.4, 0.5) is 14.6 Å². The first-order chi connectivity index (χ1) is 11.6. The topological polar surface area (TPSA) is 41.0 Å². The summed E-state index contributed by atoms with van der Waals surface area (Å²) in [5, 5.41) is 3.27. The standard InChI is InChI=1S/C18H20F2N4/c19-18(20,14-4-2-1-3-5-14)15-12-16(24-10-8-21-9-11-24)23-17(22-15)13-6-7-13/h1-5,12-13,21H,6-11H2. The highest BCUT2D eigenvalue weighted by molar-refractivity contribution is 5.44. The van der Waals surface area contributed by atoms with Crippen molar-refractivity contribution in [1.29, 1.82) is 0 Å². The van der Waals surface area contributed by atoms with Crippen LogP contribution in [0.2, 0.25) is 0 Å². The molecule has 0 radical (unpaired) electrons. The fourth-order valence-electron chi connectivity index (χ4n) is 2.99. The number of hydrogen-bond acceptors (Lipinski definition) is 4. The lowest BCUT2D eigenvalue weighted by Crippen LogP contribution is -2.44. The highest BCUT2D eigenvalue weighted by Gasteiger charge is 2.38. The van der Waals surface area contributed by atoms with E-state index in [1.807, 2.05) is 0 Å². The Balaban J connectivity index is 1.75. The summed E-state index contributed by atoms with van der Waals surface area (Å²) < 4.78 is 30.0. The van der Waals surface area contributed by atoms with E-state index in [0.717, 1.165) is 39.0 Å². The number of nitrogens with zero attached hydrogens (tertiary/aromatic N) is 3. The molecule has 1 aromatic heterocycles. The molecule has 4 nitrogen and oxygen atoms in total. The van der Waals surface area contributed by atoms with Gasteiger partial charge >= 0.3 is 5.92 Å². The van der Waals surface area contributed by atoms with E-state index in [2.05, 4.69) is 20.2 Å². The average Bonchev–Trinajstić information content (AvgIpc) is 3.48. The summed E-state index contributed by atoms with van der Waals surface area (Å²) in [5.74, 6) is -1.69. The molecular weight excluding hydrogens is 310 g/mol. The van der Waals surface area contributed by atoms with Gasteiger partial charge in [0.15, 0.2) is 0 Å². The minimum atomic E-state index is -3.11. The molecule has 0 spiro atoms. The predicted octanol–water partition coefficient (Wildman–Crippen LogP) is 2.90. The van der Waals surface area contributed by atoms with Crippen LogP contribution in [0.15, 0.2) is 36.4 Å². The monoisotopic (exact) mass is 330 g/mol. The minimum absolute atomic E-state index is 0.0308. The highest BCUT2D eigenvalue weighted by atomic mass is 19.3. The van der Waals surface area contributed by atoms with Crippen molar-refractivity contribution in [2.24, 2.45) is 0 Å². The Hall–Kier alpha value is -2.08. The quantitative estimate of drug-likeness (QED) is 0.936. The van der Waals surface area contributed by atoms with Gasteiger partial charge in [-0.25, -0.2) is 9.97 Å². The third-order valence-corrected chi connectivity index (χ3v) is 4.57. The van der Waals surface area contributed by atoms with Crippen molar-refractivity contribution in [2.45, 2.75) is 24.7 Å². The van der Waals surface area contributed by atoms with Gasteiger partial charge in [-0.2, -0.15) is 8.78 Å². The van der Waals surface area contributed by atoms with E-state index in [1.165, 1.54) is 18.2 Å². The maximum absolute atomic E-state index is 15.0. The van der Waals surface area contributed by atoms with Gasteiger partial charge in [0.2, 0.25) is 0 Å². The van der Waals surface area contributed by atoms with Gasteiger partial charge in [-0.3, -0.25) is 0 Å². The third-order valence-electron chi connectivity index (χ3n) is 4.57. The van der Waals surface area contributed by atoms with Crippen molar-refractivity contribution >= 4 is 5.82 Å². The van der Waals surface area contributed by atoms with Gasteiger partial charge in [0.05, 0.1) is 0 Å². The summed E-state index contributed by atoms with van der Waals surface area (Å²) in [6.45, 7) is 3.23. The molecule has 24 heavy (non-hydrogen) atoms. The van der Waals surface area contributed by atoms with E-state index in [1.54, 1.807) is 18.2 Å². The molecule has 126 valence electrons. The van der Waals surface area contributed by atoms with E-state index in [4.69, 9.17) is 0 Å². The Morgan fingerprint density at radius 1 is 1.04 bits per heavy atom.